The van der Waals surface area contributed by atoms with Crippen LogP contribution in [-0.4, -0.2) is 20.4 Å². The first-order valence-corrected chi connectivity index (χ1v) is 7.04. The van der Waals surface area contributed by atoms with E-state index in [-0.39, 0.29) is 5.91 Å². The predicted octanol–water partition coefficient (Wildman–Crippen LogP) is 3.14. The van der Waals surface area contributed by atoms with Gasteiger partial charge in [0.2, 0.25) is 0 Å². The van der Waals surface area contributed by atoms with E-state index in [1.54, 1.807) is 7.05 Å². The molecule has 0 aliphatic heterocycles. The minimum absolute atomic E-state index is 0.258. The number of aromatic amines is 1. The average molecular weight is 323 g/mol. The van der Waals surface area contributed by atoms with Crippen molar-refractivity contribution < 1.29 is 4.79 Å². The minimum atomic E-state index is -0.258. The van der Waals surface area contributed by atoms with Gasteiger partial charge in [0.25, 0.3) is 5.91 Å². The standard InChI is InChI=1S/C14H12Cl2N4O/c1-20-11(6-8(15)13(20)16)14(21)17-7-12-18-9-4-2-3-5-10(9)19-12/h2-6H,7H2,1H3,(H,17,21)(H,18,19). The van der Waals surface area contributed by atoms with Gasteiger partial charge in [0.05, 0.1) is 22.6 Å². The lowest BCUT2D eigenvalue weighted by Crippen LogP contribution is -2.25. The van der Waals surface area contributed by atoms with Crippen molar-refractivity contribution in [2.45, 2.75) is 6.54 Å². The van der Waals surface area contributed by atoms with E-state index in [9.17, 15) is 4.79 Å². The van der Waals surface area contributed by atoms with Crippen LogP contribution in [0.5, 0.6) is 0 Å². The Morgan fingerprint density at radius 1 is 1.38 bits per heavy atom. The van der Waals surface area contributed by atoms with E-state index in [1.807, 2.05) is 24.3 Å². The van der Waals surface area contributed by atoms with Crippen LogP contribution >= 0.6 is 23.2 Å². The summed E-state index contributed by atoms with van der Waals surface area (Å²) >= 11 is 11.8. The number of carbonyl (C=O) groups excluding carboxylic acids is 1. The number of nitrogens with zero attached hydrogens (tertiary/aromatic N) is 2. The Morgan fingerprint density at radius 2 is 2.14 bits per heavy atom. The summed E-state index contributed by atoms with van der Waals surface area (Å²) in [5.41, 5.74) is 2.21. The van der Waals surface area contributed by atoms with Crippen LogP contribution in [0, 0.1) is 0 Å². The molecule has 0 bridgehead atoms. The number of aromatic nitrogens is 3. The molecule has 2 heterocycles. The lowest BCUT2D eigenvalue weighted by Gasteiger charge is -2.04. The van der Waals surface area contributed by atoms with Gasteiger partial charge in [-0.3, -0.25) is 4.79 Å². The third kappa shape index (κ3) is 2.62. The maximum Gasteiger partial charge on any atom is 0.268 e. The molecule has 0 unspecified atom stereocenters. The van der Waals surface area contributed by atoms with Crippen molar-refractivity contribution in [3.63, 3.8) is 0 Å². The predicted molar refractivity (Wildman–Crippen MR) is 82.7 cm³/mol. The van der Waals surface area contributed by atoms with E-state index < -0.39 is 0 Å². The molecule has 3 aromatic rings. The number of amides is 1. The SMILES string of the molecule is Cn1c(C(=O)NCc2nc3ccccc3[nH]2)cc(Cl)c1Cl. The maximum absolute atomic E-state index is 12.1. The van der Waals surface area contributed by atoms with E-state index in [2.05, 4.69) is 15.3 Å². The van der Waals surface area contributed by atoms with Gasteiger partial charge in [-0.15, -0.1) is 0 Å². The van der Waals surface area contributed by atoms with Crippen molar-refractivity contribution in [2.75, 3.05) is 0 Å². The number of para-hydroxylation sites is 2. The number of fused-ring (bicyclic) bond motifs is 1. The molecule has 0 saturated heterocycles. The van der Waals surface area contributed by atoms with Crippen molar-refractivity contribution >= 4 is 40.1 Å². The molecule has 2 N–H and O–H groups in total. The van der Waals surface area contributed by atoms with Crippen LogP contribution in [0.3, 0.4) is 0 Å². The van der Waals surface area contributed by atoms with Crippen molar-refractivity contribution in [1.82, 2.24) is 19.9 Å². The zero-order chi connectivity index (χ0) is 15.0. The molecule has 0 atom stereocenters. The summed E-state index contributed by atoms with van der Waals surface area (Å²) in [6.45, 7) is 0.300. The van der Waals surface area contributed by atoms with Crippen molar-refractivity contribution in [2.24, 2.45) is 7.05 Å². The van der Waals surface area contributed by atoms with Gasteiger partial charge >= 0.3 is 0 Å². The molecule has 0 fully saturated rings. The van der Waals surface area contributed by atoms with E-state index in [1.165, 1.54) is 10.6 Å². The van der Waals surface area contributed by atoms with Gasteiger partial charge in [-0.25, -0.2) is 4.98 Å². The van der Waals surface area contributed by atoms with Gasteiger partial charge in [-0.1, -0.05) is 35.3 Å². The van der Waals surface area contributed by atoms with Gasteiger partial charge in [-0.05, 0) is 18.2 Å². The third-order valence-electron chi connectivity index (χ3n) is 3.20. The highest BCUT2D eigenvalue weighted by atomic mass is 35.5. The highest BCUT2D eigenvalue weighted by Gasteiger charge is 2.15. The summed E-state index contributed by atoms with van der Waals surface area (Å²) in [7, 11) is 1.68. The van der Waals surface area contributed by atoms with Crippen molar-refractivity contribution in [1.29, 1.82) is 0 Å². The molecule has 108 valence electrons. The number of halogens is 2. The normalized spacial score (nSPS) is 11.0. The monoisotopic (exact) mass is 322 g/mol. The summed E-state index contributed by atoms with van der Waals surface area (Å²) in [5, 5.41) is 3.48. The maximum atomic E-state index is 12.1. The number of benzene rings is 1. The molecule has 0 saturated carbocycles. The van der Waals surface area contributed by atoms with Crippen LogP contribution < -0.4 is 5.32 Å². The van der Waals surface area contributed by atoms with Crippen LogP contribution in [0.1, 0.15) is 16.3 Å². The Labute approximate surface area is 130 Å². The third-order valence-corrected chi connectivity index (χ3v) is 4.05. The quantitative estimate of drug-likeness (QED) is 0.778. The van der Waals surface area contributed by atoms with Crippen molar-refractivity contribution in [3.8, 4) is 0 Å². The van der Waals surface area contributed by atoms with Gasteiger partial charge in [-0.2, -0.15) is 0 Å². The molecule has 3 rings (SSSR count). The molecule has 0 aliphatic rings. The van der Waals surface area contributed by atoms with Gasteiger partial charge < -0.3 is 14.9 Å². The summed E-state index contributed by atoms with van der Waals surface area (Å²) in [6, 6.07) is 9.23. The zero-order valence-corrected chi connectivity index (χ0v) is 12.7. The summed E-state index contributed by atoms with van der Waals surface area (Å²) in [5.74, 6) is 0.433. The lowest BCUT2D eigenvalue weighted by molar-refractivity contribution is 0.0942. The van der Waals surface area contributed by atoms with Gasteiger partial charge in [0.15, 0.2) is 0 Å². The van der Waals surface area contributed by atoms with Crippen molar-refractivity contribution in [3.05, 3.63) is 52.0 Å². The molecule has 21 heavy (non-hydrogen) atoms. The Hall–Kier alpha value is -1.98. The van der Waals surface area contributed by atoms with Gasteiger partial charge in [0.1, 0.15) is 16.7 Å². The van der Waals surface area contributed by atoms with Crippen LogP contribution in [0.4, 0.5) is 0 Å². The fraction of sp³-hybridized carbons (Fsp3) is 0.143. The number of nitrogens with one attached hydrogen (secondary N) is 2. The van der Waals surface area contributed by atoms with E-state index in [0.717, 1.165) is 11.0 Å². The molecule has 1 amide bonds. The lowest BCUT2D eigenvalue weighted by atomic mass is 10.3. The second-order valence-electron chi connectivity index (χ2n) is 4.61. The summed E-state index contributed by atoms with van der Waals surface area (Å²) < 4.78 is 1.54. The summed E-state index contributed by atoms with van der Waals surface area (Å²) in [4.78, 5) is 19.7. The first-order valence-electron chi connectivity index (χ1n) is 6.29. The molecule has 0 spiro atoms. The largest absolute Gasteiger partial charge is 0.344 e. The Kier molecular flexibility index (Phi) is 3.61. The van der Waals surface area contributed by atoms with Crippen LogP contribution in [-0.2, 0) is 13.6 Å². The zero-order valence-electron chi connectivity index (χ0n) is 11.2. The topological polar surface area (TPSA) is 62.7 Å². The highest BCUT2D eigenvalue weighted by molar-refractivity contribution is 6.41. The fourth-order valence-electron chi connectivity index (χ4n) is 2.10. The molecule has 0 aliphatic carbocycles. The number of H-pyrrole nitrogens is 1. The van der Waals surface area contributed by atoms with E-state index >= 15 is 0 Å². The van der Waals surface area contributed by atoms with Crippen LogP contribution in [0.25, 0.3) is 11.0 Å². The second kappa shape index (κ2) is 5.42. The molecule has 1 aromatic carbocycles. The number of hydrogen-bond acceptors (Lipinski definition) is 2. The van der Waals surface area contributed by atoms with Gasteiger partial charge in [0, 0.05) is 7.05 Å². The smallest absolute Gasteiger partial charge is 0.268 e. The number of imidazole rings is 1. The number of carbonyl (C=O) groups is 1. The first kappa shape index (κ1) is 14.0. The van der Waals surface area contributed by atoms with E-state index in [0.29, 0.717) is 28.2 Å². The first-order chi connectivity index (χ1) is 10.1. The Bertz CT molecular complexity index is 789. The number of hydrogen-bond donors (Lipinski definition) is 2. The minimum Gasteiger partial charge on any atom is -0.344 e. The second-order valence-corrected chi connectivity index (χ2v) is 5.38. The van der Waals surface area contributed by atoms with E-state index in [4.69, 9.17) is 23.2 Å². The molecule has 7 heteroatoms. The molecule has 2 aromatic heterocycles. The van der Waals surface area contributed by atoms with Crippen LogP contribution in [0.2, 0.25) is 10.2 Å². The molecule has 0 radical (unpaired) electrons. The summed E-state index contributed by atoms with van der Waals surface area (Å²) in [6.07, 6.45) is 0. The molecular formula is C14H12Cl2N4O. The average Bonchev–Trinajstić information content (AvgIpc) is 3.01. The molecule has 5 nitrogen and oxygen atoms in total. The van der Waals surface area contributed by atoms with Crippen LogP contribution in [0.15, 0.2) is 30.3 Å². The molecular weight excluding hydrogens is 311 g/mol. The Morgan fingerprint density at radius 3 is 2.81 bits per heavy atom. The fourth-order valence-corrected chi connectivity index (χ4v) is 2.48. The number of rotatable bonds is 3. The highest BCUT2D eigenvalue weighted by Crippen LogP contribution is 2.25. The Balaban J connectivity index is 1.74.